The van der Waals surface area contributed by atoms with Gasteiger partial charge >= 0.3 is 0 Å². The Bertz CT molecular complexity index is 1160. The molecule has 0 fully saturated rings. The normalized spacial score (nSPS) is 11.0. The van der Waals surface area contributed by atoms with Crippen LogP contribution in [0.25, 0.3) is 0 Å². The molecular formula is C21H19ClN2O4S. The highest BCUT2D eigenvalue weighted by molar-refractivity contribution is 7.92. The number of aryl methyl sites for hydroxylation is 1. The number of anilines is 2. The molecular weight excluding hydrogens is 412 g/mol. The van der Waals surface area contributed by atoms with E-state index in [2.05, 4.69) is 10.0 Å². The number of sulfonamides is 1. The van der Waals surface area contributed by atoms with E-state index in [1.165, 1.54) is 31.4 Å². The zero-order chi connectivity index (χ0) is 21.0. The van der Waals surface area contributed by atoms with Gasteiger partial charge in [-0.15, -0.1) is 0 Å². The molecule has 0 heterocycles. The van der Waals surface area contributed by atoms with Gasteiger partial charge in [-0.25, -0.2) is 8.42 Å². The zero-order valence-corrected chi connectivity index (χ0v) is 17.3. The van der Waals surface area contributed by atoms with Crippen molar-refractivity contribution in [2.24, 2.45) is 0 Å². The Labute approximate surface area is 174 Å². The van der Waals surface area contributed by atoms with Gasteiger partial charge in [-0.1, -0.05) is 29.8 Å². The van der Waals surface area contributed by atoms with E-state index in [1.54, 1.807) is 36.4 Å². The second-order valence-corrected chi connectivity index (χ2v) is 8.40. The predicted octanol–water partition coefficient (Wildman–Crippen LogP) is 4.71. The standard InChI is InChI=1S/C21H19ClN2O4S/c1-14-5-3-7-17(11-14)24-29(26,27)18-8-4-6-15(12-18)21(25)23-16-9-10-20(28-2)19(22)13-16/h3-13,24H,1-2H3,(H,23,25). The minimum absolute atomic E-state index is 0.0144. The van der Waals surface area contributed by atoms with Gasteiger partial charge in [0.2, 0.25) is 0 Å². The minimum Gasteiger partial charge on any atom is -0.495 e. The molecule has 0 aliphatic carbocycles. The van der Waals surface area contributed by atoms with Crippen LogP contribution in [-0.2, 0) is 10.0 Å². The van der Waals surface area contributed by atoms with Crippen molar-refractivity contribution in [3.8, 4) is 5.75 Å². The van der Waals surface area contributed by atoms with Crippen molar-refractivity contribution < 1.29 is 17.9 Å². The van der Waals surface area contributed by atoms with E-state index in [4.69, 9.17) is 16.3 Å². The van der Waals surface area contributed by atoms with E-state index in [9.17, 15) is 13.2 Å². The van der Waals surface area contributed by atoms with Crippen LogP contribution in [0, 0.1) is 6.92 Å². The van der Waals surface area contributed by atoms with Crippen LogP contribution < -0.4 is 14.8 Å². The van der Waals surface area contributed by atoms with Crippen LogP contribution in [0.4, 0.5) is 11.4 Å². The molecule has 2 N–H and O–H groups in total. The van der Waals surface area contributed by atoms with E-state index >= 15 is 0 Å². The first kappa shape index (κ1) is 20.7. The maximum Gasteiger partial charge on any atom is 0.261 e. The second-order valence-electron chi connectivity index (χ2n) is 6.31. The van der Waals surface area contributed by atoms with Crippen LogP contribution in [0.15, 0.2) is 71.6 Å². The van der Waals surface area contributed by atoms with Gasteiger partial charge in [-0.3, -0.25) is 9.52 Å². The van der Waals surface area contributed by atoms with E-state index in [1.807, 2.05) is 13.0 Å². The quantitative estimate of drug-likeness (QED) is 0.593. The summed E-state index contributed by atoms with van der Waals surface area (Å²) >= 11 is 6.07. The summed E-state index contributed by atoms with van der Waals surface area (Å²) in [6, 6.07) is 17.6. The Morgan fingerprint density at radius 3 is 2.41 bits per heavy atom. The first-order valence-corrected chi connectivity index (χ1v) is 10.5. The maximum absolute atomic E-state index is 12.7. The van der Waals surface area contributed by atoms with E-state index in [0.717, 1.165) is 5.56 Å². The lowest BCUT2D eigenvalue weighted by atomic mass is 10.2. The third kappa shape index (κ3) is 5.07. The molecule has 3 aromatic carbocycles. The number of nitrogens with one attached hydrogen (secondary N) is 2. The van der Waals surface area contributed by atoms with E-state index in [0.29, 0.717) is 22.1 Å². The fourth-order valence-corrected chi connectivity index (χ4v) is 4.03. The van der Waals surface area contributed by atoms with Crippen LogP contribution in [0.3, 0.4) is 0 Å². The SMILES string of the molecule is COc1ccc(NC(=O)c2cccc(S(=O)(=O)Nc3cccc(C)c3)c2)cc1Cl. The first-order chi connectivity index (χ1) is 13.8. The Morgan fingerprint density at radius 1 is 0.966 bits per heavy atom. The molecule has 0 atom stereocenters. The smallest absolute Gasteiger partial charge is 0.261 e. The Morgan fingerprint density at radius 2 is 1.72 bits per heavy atom. The molecule has 0 bridgehead atoms. The van der Waals surface area contributed by atoms with Crippen LogP contribution in [0.2, 0.25) is 5.02 Å². The Kier molecular flexibility index (Phi) is 6.10. The summed E-state index contributed by atoms with van der Waals surface area (Å²) in [5.74, 6) is 0.0267. The van der Waals surface area contributed by atoms with Gasteiger partial charge in [0.25, 0.3) is 15.9 Å². The number of ether oxygens (including phenoxy) is 1. The average Bonchev–Trinajstić information content (AvgIpc) is 2.68. The van der Waals surface area contributed by atoms with Crippen LogP contribution in [0.5, 0.6) is 5.75 Å². The number of rotatable bonds is 6. The van der Waals surface area contributed by atoms with Gasteiger partial charge < -0.3 is 10.1 Å². The third-order valence-corrected chi connectivity index (χ3v) is 5.76. The van der Waals surface area contributed by atoms with Gasteiger partial charge in [0.15, 0.2) is 0 Å². The molecule has 150 valence electrons. The molecule has 8 heteroatoms. The number of benzene rings is 3. The summed E-state index contributed by atoms with van der Waals surface area (Å²) in [7, 11) is -2.35. The molecule has 0 radical (unpaired) electrons. The van der Waals surface area contributed by atoms with Crippen molar-refractivity contribution in [2.45, 2.75) is 11.8 Å². The first-order valence-electron chi connectivity index (χ1n) is 8.63. The van der Waals surface area contributed by atoms with Crippen molar-refractivity contribution in [2.75, 3.05) is 17.1 Å². The fourth-order valence-electron chi connectivity index (χ4n) is 2.67. The van der Waals surface area contributed by atoms with Gasteiger partial charge in [0, 0.05) is 16.9 Å². The highest BCUT2D eigenvalue weighted by Gasteiger charge is 2.17. The number of carbonyl (C=O) groups excluding carboxylic acids is 1. The van der Waals surface area contributed by atoms with Gasteiger partial charge in [-0.05, 0) is 61.0 Å². The van der Waals surface area contributed by atoms with Crippen molar-refractivity contribution in [1.29, 1.82) is 0 Å². The molecule has 1 amide bonds. The molecule has 0 aliphatic heterocycles. The fraction of sp³-hybridized carbons (Fsp3) is 0.0952. The number of hydrogen-bond acceptors (Lipinski definition) is 4. The van der Waals surface area contributed by atoms with Crippen molar-refractivity contribution >= 4 is 38.9 Å². The minimum atomic E-state index is -3.84. The summed E-state index contributed by atoms with van der Waals surface area (Å²) in [6.45, 7) is 1.87. The molecule has 0 saturated heterocycles. The van der Waals surface area contributed by atoms with Crippen molar-refractivity contribution in [3.05, 3.63) is 82.9 Å². The summed E-state index contributed by atoms with van der Waals surface area (Å²) in [6.07, 6.45) is 0. The largest absolute Gasteiger partial charge is 0.495 e. The lowest BCUT2D eigenvalue weighted by Gasteiger charge is -2.11. The van der Waals surface area contributed by atoms with Crippen LogP contribution >= 0.6 is 11.6 Å². The highest BCUT2D eigenvalue weighted by atomic mass is 35.5. The monoisotopic (exact) mass is 430 g/mol. The maximum atomic E-state index is 12.7. The molecule has 3 rings (SSSR count). The van der Waals surface area contributed by atoms with E-state index in [-0.39, 0.29) is 10.5 Å². The number of hydrogen-bond donors (Lipinski definition) is 2. The van der Waals surface area contributed by atoms with Crippen molar-refractivity contribution in [3.63, 3.8) is 0 Å². The lowest BCUT2D eigenvalue weighted by molar-refractivity contribution is 0.102. The summed E-state index contributed by atoms with van der Waals surface area (Å²) < 4.78 is 33.0. The molecule has 29 heavy (non-hydrogen) atoms. The highest BCUT2D eigenvalue weighted by Crippen LogP contribution is 2.27. The summed E-state index contributed by atoms with van der Waals surface area (Å²) in [4.78, 5) is 12.5. The predicted molar refractivity (Wildman–Crippen MR) is 114 cm³/mol. The molecule has 0 saturated carbocycles. The molecule has 0 spiro atoms. The number of carbonyl (C=O) groups is 1. The summed E-state index contributed by atoms with van der Waals surface area (Å²) in [5, 5.41) is 3.04. The van der Waals surface area contributed by atoms with Crippen LogP contribution in [-0.4, -0.2) is 21.4 Å². The number of methoxy groups -OCH3 is 1. The topological polar surface area (TPSA) is 84.5 Å². The molecule has 0 aliphatic rings. The van der Waals surface area contributed by atoms with Crippen LogP contribution in [0.1, 0.15) is 15.9 Å². The average molecular weight is 431 g/mol. The van der Waals surface area contributed by atoms with E-state index < -0.39 is 15.9 Å². The summed E-state index contributed by atoms with van der Waals surface area (Å²) in [5.41, 5.74) is 2.04. The van der Waals surface area contributed by atoms with Gasteiger partial charge in [-0.2, -0.15) is 0 Å². The number of halogens is 1. The molecule has 0 aromatic heterocycles. The molecule has 6 nitrogen and oxygen atoms in total. The van der Waals surface area contributed by atoms with Crippen molar-refractivity contribution in [1.82, 2.24) is 0 Å². The third-order valence-electron chi connectivity index (χ3n) is 4.09. The van der Waals surface area contributed by atoms with Gasteiger partial charge in [0.1, 0.15) is 5.75 Å². The zero-order valence-electron chi connectivity index (χ0n) is 15.8. The second kappa shape index (κ2) is 8.55. The number of amides is 1. The molecule has 0 unspecified atom stereocenters. The Hall–Kier alpha value is -3.03. The van der Waals surface area contributed by atoms with Gasteiger partial charge in [0.05, 0.1) is 17.0 Å². The Balaban J connectivity index is 1.81. The lowest BCUT2D eigenvalue weighted by Crippen LogP contribution is -2.16. The molecule has 3 aromatic rings.